The van der Waals surface area contributed by atoms with Crippen molar-refractivity contribution in [2.75, 3.05) is 0 Å². The van der Waals surface area contributed by atoms with Crippen LogP contribution in [0, 0.1) is 11.9 Å². The molecule has 2 aromatic rings. The Morgan fingerprint density at radius 1 is 1.15 bits per heavy atom. The topological polar surface area (TPSA) is 44.0 Å². The van der Waals surface area contributed by atoms with Gasteiger partial charge >= 0.3 is 17.8 Å². The number of aromatic nitrogens is 2. The molecule has 0 spiro atoms. The fourth-order valence-electron chi connectivity index (χ4n) is 2.11. The first-order valence-corrected chi connectivity index (χ1v) is 6.98. The Bertz CT molecular complexity index is 939. The number of halogens is 7. The zero-order chi connectivity index (χ0) is 19.2. The van der Waals surface area contributed by atoms with Crippen molar-refractivity contribution < 1.29 is 47.4 Å². The third-order valence-corrected chi connectivity index (χ3v) is 3.49. The van der Waals surface area contributed by atoms with Crippen LogP contribution in [-0.4, -0.2) is 15.3 Å². The molecule has 0 N–H and O–H groups in total. The van der Waals surface area contributed by atoms with Crippen molar-refractivity contribution in [2.45, 2.75) is 25.6 Å². The van der Waals surface area contributed by atoms with Crippen molar-refractivity contribution in [1.82, 2.24) is 9.13 Å². The summed E-state index contributed by atoms with van der Waals surface area (Å²) >= 11 is 5.49. The van der Waals surface area contributed by atoms with Crippen LogP contribution < -0.4 is 11.2 Å². The van der Waals surface area contributed by atoms with E-state index in [0.717, 1.165) is 13.0 Å². The zero-order valence-corrected chi connectivity index (χ0v) is 16.4. The van der Waals surface area contributed by atoms with Gasteiger partial charge in [0, 0.05) is 39.5 Å². The van der Waals surface area contributed by atoms with Crippen LogP contribution in [0.25, 0.3) is 5.69 Å². The Morgan fingerprint density at radius 3 is 2.19 bits per heavy atom. The monoisotopic (exact) mass is 569 g/mol. The fourth-order valence-corrected chi connectivity index (χ4v) is 2.26. The van der Waals surface area contributed by atoms with Gasteiger partial charge in [-0.2, -0.15) is 28.0 Å². The van der Waals surface area contributed by atoms with Crippen LogP contribution >= 0.6 is 11.6 Å². The van der Waals surface area contributed by atoms with Gasteiger partial charge in [0.05, 0.1) is 0 Å². The van der Waals surface area contributed by atoms with E-state index in [0.29, 0.717) is 6.07 Å². The van der Waals surface area contributed by atoms with Crippen LogP contribution in [-0.2, 0) is 33.5 Å². The minimum Gasteiger partial charge on any atom is -0.292 e. The normalized spacial score (nSPS) is 12.0. The van der Waals surface area contributed by atoms with Gasteiger partial charge in [-0.15, -0.1) is 23.7 Å². The maximum Gasteiger partial charge on any atom is 0.459 e. The largest absolute Gasteiger partial charge is 0.459 e. The maximum absolute atomic E-state index is 13.9. The summed E-state index contributed by atoms with van der Waals surface area (Å²) < 4.78 is 79.0. The molecule has 0 bridgehead atoms. The van der Waals surface area contributed by atoms with E-state index in [1.807, 2.05) is 0 Å². The molecule has 2 rings (SSSR count). The number of rotatable bonds is 3. The molecule has 0 aliphatic heterocycles. The molecule has 1 aromatic heterocycles. The summed E-state index contributed by atoms with van der Waals surface area (Å²) in [5.74, 6) is -6.59. The van der Waals surface area contributed by atoms with E-state index in [1.165, 1.54) is 0 Å². The Balaban J connectivity index is 0.00000338. The summed E-state index contributed by atoms with van der Waals surface area (Å²) in [5.41, 5.74) is -5.61. The van der Waals surface area contributed by atoms with Crippen molar-refractivity contribution in [3.05, 3.63) is 61.6 Å². The van der Waals surface area contributed by atoms with E-state index in [4.69, 9.17) is 11.6 Å². The van der Waals surface area contributed by atoms with E-state index in [2.05, 4.69) is 6.07 Å². The van der Waals surface area contributed by atoms with Crippen LogP contribution in [0.15, 0.2) is 27.8 Å². The van der Waals surface area contributed by atoms with Crippen LogP contribution in [0.4, 0.5) is 26.3 Å². The number of benzene rings is 1. The van der Waals surface area contributed by atoms with Gasteiger partial charge in [0.1, 0.15) is 5.69 Å². The maximum atomic E-state index is 13.9. The summed E-state index contributed by atoms with van der Waals surface area (Å²) in [6.45, 7) is 0.509. The smallest absolute Gasteiger partial charge is 0.292 e. The van der Waals surface area contributed by atoms with Crippen molar-refractivity contribution in [3.8, 4) is 5.69 Å². The predicted molar refractivity (Wildman–Crippen MR) is 75.7 cm³/mol. The fraction of sp³-hybridized carbons (Fsp3) is 0.286. The van der Waals surface area contributed by atoms with Gasteiger partial charge < -0.3 is 0 Å². The summed E-state index contributed by atoms with van der Waals surface area (Å²) in [5, 5.41) is -0.189. The molecule has 0 aliphatic rings. The Hall–Kier alpha value is -1.54. The molecule has 1 aromatic carbocycles. The molecule has 1 heterocycles. The molecule has 0 amide bonds. The first-order chi connectivity index (χ1) is 11.4. The van der Waals surface area contributed by atoms with Gasteiger partial charge in [0.15, 0.2) is 0 Å². The molecule has 0 unspecified atom stereocenters. The van der Waals surface area contributed by atoms with Crippen LogP contribution in [0.3, 0.4) is 0 Å². The predicted octanol–water partition coefficient (Wildman–Crippen LogP) is 3.26. The molecular formula is C14H8ClF6N2O2W-. The summed E-state index contributed by atoms with van der Waals surface area (Å²) in [6.07, 6.45) is -6.02. The Morgan fingerprint density at radius 2 is 1.73 bits per heavy atom. The van der Waals surface area contributed by atoms with E-state index >= 15 is 0 Å². The Kier molecular flexibility index (Phi) is 6.58. The second kappa shape index (κ2) is 7.60. The van der Waals surface area contributed by atoms with Gasteiger partial charge in [-0.3, -0.25) is 13.9 Å². The summed E-state index contributed by atoms with van der Waals surface area (Å²) in [6, 6.07) is 3.75. The van der Waals surface area contributed by atoms with Crippen molar-refractivity contribution in [1.29, 1.82) is 0 Å². The molecule has 12 heteroatoms. The van der Waals surface area contributed by atoms with Crippen LogP contribution in [0.2, 0.25) is 5.02 Å². The van der Waals surface area contributed by atoms with Crippen LogP contribution in [0.5, 0.6) is 0 Å². The number of nitrogens with zero attached hydrogens (tertiary/aromatic N) is 2. The van der Waals surface area contributed by atoms with E-state index in [1.54, 1.807) is 0 Å². The SMILES string of the molecule is CCn1c(C(F)(F)C(F)(F)F)cc(=O)n(-c2c[c-]c(Cl)cc2F)c1=O.[W]. The van der Waals surface area contributed by atoms with Crippen molar-refractivity contribution in [3.63, 3.8) is 0 Å². The molecule has 26 heavy (non-hydrogen) atoms. The molecule has 142 valence electrons. The molecular weight excluding hydrogens is 561 g/mol. The summed E-state index contributed by atoms with van der Waals surface area (Å²) in [4.78, 5) is 24.2. The van der Waals surface area contributed by atoms with Gasteiger partial charge in [0.25, 0.3) is 0 Å². The van der Waals surface area contributed by atoms with Gasteiger partial charge in [-0.25, -0.2) is 9.18 Å². The number of alkyl halides is 5. The standard InChI is InChI=1S/C14H8ClF6N2O2.W/c1-2-22-10(13(17,18)14(19,20)21)6-11(24)23(12(22)25)9-4-3-7(15)5-8(9)16;/h4-6H,2H2,1H3;/q-1;. The van der Waals surface area contributed by atoms with Crippen molar-refractivity contribution >= 4 is 11.6 Å². The average Bonchev–Trinajstić information content (AvgIpc) is 2.47. The first kappa shape index (κ1) is 22.5. The van der Waals surface area contributed by atoms with E-state index in [-0.39, 0.29) is 41.3 Å². The molecule has 0 saturated heterocycles. The average molecular weight is 570 g/mol. The molecule has 0 fully saturated rings. The first-order valence-electron chi connectivity index (χ1n) is 6.60. The molecule has 0 radical (unpaired) electrons. The van der Waals surface area contributed by atoms with Gasteiger partial charge in [-0.1, -0.05) is 5.02 Å². The third kappa shape index (κ3) is 3.76. The minimum absolute atomic E-state index is 0. The second-order valence-corrected chi connectivity index (χ2v) is 5.22. The molecule has 0 atom stereocenters. The summed E-state index contributed by atoms with van der Waals surface area (Å²) in [7, 11) is 0. The number of hydrogen-bond donors (Lipinski definition) is 0. The van der Waals surface area contributed by atoms with E-state index in [9.17, 15) is 35.9 Å². The second-order valence-electron chi connectivity index (χ2n) is 4.82. The van der Waals surface area contributed by atoms with Gasteiger partial charge in [0.2, 0.25) is 5.56 Å². The van der Waals surface area contributed by atoms with E-state index < -0.39 is 47.1 Å². The number of hydrogen-bond acceptors (Lipinski definition) is 2. The van der Waals surface area contributed by atoms with Gasteiger partial charge in [-0.05, 0) is 12.6 Å². The van der Waals surface area contributed by atoms with Crippen LogP contribution in [0.1, 0.15) is 12.6 Å². The molecule has 4 nitrogen and oxygen atoms in total. The quantitative estimate of drug-likeness (QED) is 0.421. The molecule has 0 saturated carbocycles. The molecule has 0 aliphatic carbocycles. The minimum atomic E-state index is -6.02. The zero-order valence-electron chi connectivity index (χ0n) is 12.7. The van der Waals surface area contributed by atoms with Crippen molar-refractivity contribution in [2.24, 2.45) is 0 Å². The Labute approximate surface area is 161 Å². The third-order valence-electron chi connectivity index (χ3n) is 3.27.